The number of hydrogen-bond acceptors (Lipinski definition) is 4. The molecule has 174 valence electrons. The summed E-state index contributed by atoms with van der Waals surface area (Å²) in [5.74, 6) is 1.85. The molecular weight excluding hydrogens is 388 g/mol. The van der Waals surface area contributed by atoms with Crippen LogP contribution >= 0.6 is 0 Å². The SMILES string of the molecule is C[C@@H]1CC(C=O)OC2[C@H]1C1(C)CCC34CC35CCC(O)C(C)(C)C5CCC4[C@]1(C)[C@H]2O. The van der Waals surface area contributed by atoms with Gasteiger partial charge in [0.05, 0.1) is 18.3 Å². The van der Waals surface area contributed by atoms with Crippen molar-refractivity contribution in [3.63, 3.8) is 0 Å². The molecule has 8 unspecified atom stereocenters. The second-order valence-corrected chi connectivity index (χ2v) is 13.7. The van der Waals surface area contributed by atoms with E-state index in [2.05, 4.69) is 34.6 Å². The molecule has 0 aromatic carbocycles. The van der Waals surface area contributed by atoms with Crippen molar-refractivity contribution in [2.45, 2.75) is 110 Å². The van der Waals surface area contributed by atoms with Crippen molar-refractivity contribution in [1.29, 1.82) is 0 Å². The number of ether oxygens (including phenoxy) is 1. The van der Waals surface area contributed by atoms with Crippen molar-refractivity contribution in [2.75, 3.05) is 0 Å². The Morgan fingerprint density at radius 2 is 1.61 bits per heavy atom. The van der Waals surface area contributed by atoms with Gasteiger partial charge in [0.1, 0.15) is 12.4 Å². The standard InChI is InChI=1S/C27H42O4/c1-15-12-16(13-28)31-21-20(15)24(4)10-11-27-14-26(27)9-8-19(29)23(2,3)17(26)6-7-18(27)25(24,5)22(21)30/h13,15-22,29-30H,6-12,14H2,1-5H3/t15-,16?,17?,18?,19?,20+,21?,22+,24?,25-,26?,27?/m1/s1. The fourth-order valence-electron chi connectivity index (χ4n) is 11.4. The molecule has 4 nitrogen and oxygen atoms in total. The lowest BCUT2D eigenvalue weighted by atomic mass is 9.41. The van der Waals surface area contributed by atoms with Crippen LogP contribution in [0.25, 0.3) is 0 Å². The maximum absolute atomic E-state index is 11.9. The number of fused-ring (bicyclic) bond motifs is 4. The van der Waals surface area contributed by atoms with E-state index in [0.29, 0.717) is 34.5 Å². The van der Waals surface area contributed by atoms with Crippen LogP contribution in [0, 0.1) is 50.7 Å². The van der Waals surface area contributed by atoms with Crippen LogP contribution in [0.5, 0.6) is 0 Å². The first-order valence-electron chi connectivity index (χ1n) is 13.0. The van der Waals surface area contributed by atoms with Crippen molar-refractivity contribution in [1.82, 2.24) is 0 Å². The zero-order valence-corrected chi connectivity index (χ0v) is 20.1. The smallest absolute Gasteiger partial charge is 0.148 e. The van der Waals surface area contributed by atoms with Gasteiger partial charge in [0.15, 0.2) is 0 Å². The lowest BCUT2D eigenvalue weighted by Crippen LogP contribution is -2.59. The van der Waals surface area contributed by atoms with Gasteiger partial charge in [-0.3, -0.25) is 0 Å². The van der Waals surface area contributed by atoms with Crippen LogP contribution in [0.3, 0.4) is 0 Å². The number of rotatable bonds is 1. The Bertz CT molecular complexity index is 809. The molecule has 4 heteroatoms. The number of carbonyl (C=O) groups excluding carboxylic acids is 1. The third-order valence-electron chi connectivity index (χ3n) is 13.0. The predicted octanol–water partition coefficient (Wildman–Crippen LogP) is 4.36. The monoisotopic (exact) mass is 430 g/mol. The molecule has 1 saturated heterocycles. The highest BCUT2D eigenvalue weighted by molar-refractivity contribution is 5.56. The summed E-state index contributed by atoms with van der Waals surface area (Å²) in [7, 11) is 0. The molecule has 1 aliphatic heterocycles. The summed E-state index contributed by atoms with van der Waals surface area (Å²) in [6, 6.07) is 0. The normalized spacial score (nSPS) is 63.7. The molecular formula is C27H42O4. The number of carbonyl (C=O) groups is 1. The Kier molecular flexibility index (Phi) is 4.06. The fourth-order valence-corrected chi connectivity index (χ4v) is 11.4. The van der Waals surface area contributed by atoms with Gasteiger partial charge in [0, 0.05) is 5.41 Å². The summed E-state index contributed by atoms with van der Waals surface area (Å²) >= 11 is 0. The van der Waals surface area contributed by atoms with E-state index in [9.17, 15) is 15.0 Å². The van der Waals surface area contributed by atoms with Crippen molar-refractivity contribution in [3.05, 3.63) is 0 Å². The molecule has 31 heavy (non-hydrogen) atoms. The van der Waals surface area contributed by atoms with Crippen LogP contribution in [0.4, 0.5) is 0 Å². The molecule has 0 aromatic rings. The zero-order valence-electron chi connectivity index (χ0n) is 20.1. The second kappa shape index (κ2) is 5.96. The Balaban J connectivity index is 1.41. The average Bonchev–Trinajstić information content (AvgIpc) is 3.36. The summed E-state index contributed by atoms with van der Waals surface area (Å²) in [6.07, 6.45) is 8.65. The van der Waals surface area contributed by atoms with Gasteiger partial charge in [-0.25, -0.2) is 0 Å². The molecule has 1 heterocycles. The van der Waals surface area contributed by atoms with Gasteiger partial charge in [-0.1, -0.05) is 34.6 Å². The summed E-state index contributed by atoms with van der Waals surface area (Å²) in [5.41, 5.74) is 0.588. The van der Waals surface area contributed by atoms with Crippen LogP contribution < -0.4 is 0 Å². The minimum absolute atomic E-state index is 0.00847. The number of aldehydes is 1. The molecule has 5 saturated carbocycles. The van der Waals surface area contributed by atoms with Crippen molar-refractivity contribution < 1.29 is 19.7 Å². The molecule has 6 aliphatic rings. The second-order valence-electron chi connectivity index (χ2n) is 13.7. The summed E-state index contributed by atoms with van der Waals surface area (Å²) < 4.78 is 6.29. The highest BCUT2D eigenvalue weighted by Crippen LogP contribution is 2.89. The lowest BCUT2D eigenvalue weighted by molar-refractivity contribution is -0.182. The molecule has 0 amide bonds. The van der Waals surface area contributed by atoms with Crippen LogP contribution in [-0.4, -0.2) is 40.9 Å². The Labute approximate surface area is 187 Å². The first-order valence-corrected chi connectivity index (χ1v) is 13.0. The lowest BCUT2D eigenvalue weighted by Gasteiger charge is -2.63. The van der Waals surface area contributed by atoms with E-state index < -0.39 is 6.10 Å². The van der Waals surface area contributed by atoms with E-state index >= 15 is 0 Å². The highest BCUT2D eigenvalue weighted by atomic mass is 16.5. The highest BCUT2D eigenvalue weighted by Gasteiger charge is 2.84. The van der Waals surface area contributed by atoms with Gasteiger partial charge in [0.25, 0.3) is 0 Å². The topological polar surface area (TPSA) is 66.8 Å². The van der Waals surface area contributed by atoms with E-state index in [1.165, 1.54) is 19.3 Å². The quantitative estimate of drug-likeness (QED) is 0.607. The Hall–Kier alpha value is -0.450. The number of aliphatic hydroxyl groups excluding tert-OH is 2. The third-order valence-corrected chi connectivity index (χ3v) is 13.0. The zero-order chi connectivity index (χ0) is 22.2. The van der Waals surface area contributed by atoms with Gasteiger partial charge in [-0.05, 0) is 96.7 Å². The predicted molar refractivity (Wildman–Crippen MR) is 118 cm³/mol. The molecule has 2 spiro atoms. The third kappa shape index (κ3) is 2.09. The molecule has 6 rings (SSSR count). The van der Waals surface area contributed by atoms with Gasteiger partial charge < -0.3 is 19.7 Å². The summed E-state index contributed by atoms with van der Waals surface area (Å²) in [5, 5.41) is 22.7. The molecule has 12 atom stereocenters. The average molecular weight is 431 g/mol. The van der Waals surface area contributed by atoms with Crippen molar-refractivity contribution >= 4 is 6.29 Å². The van der Waals surface area contributed by atoms with E-state index in [0.717, 1.165) is 38.4 Å². The van der Waals surface area contributed by atoms with Gasteiger partial charge >= 0.3 is 0 Å². The maximum Gasteiger partial charge on any atom is 0.148 e. The first kappa shape index (κ1) is 21.1. The number of aliphatic hydroxyl groups is 2. The Morgan fingerprint density at radius 3 is 2.32 bits per heavy atom. The van der Waals surface area contributed by atoms with E-state index in [4.69, 9.17) is 4.74 Å². The first-order chi connectivity index (χ1) is 14.5. The van der Waals surface area contributed by atoms with Crippen molar-refractivity contribution in [2.24, 2.45) is 50.7 Å². The minimum Gasteiger partial charge on any atom is -0.393 e. The van der Waals surface area contributed by atoms with E-state index in [1.54, 1.807) is 0 Å². The molecule has 2 N–H and O–H groups in total. The summed E-state index contributed by atoms with van der Waals surface area (Å²) in [4.78, 5) is 11.6. The molecule has 0 aromatic heterocycles. The molecule has 0 radical (unpaired) electrons. The molecule has 5 aliphatic carbocycles. The molecule has 0 bridgehead atoms. The molecule has 6 fully saturated rings. The van der Waals surface area contributed by atoms with Gasteiger partial charge in [-0.2, -0.15) is 0 Å². The summed E-state index contributed by atoms with van der Waals surface area (Å²) in [6.45, 7) is 11.7. The van der Waals surface area contributed by atoms with Crippen molar-refractivity contribution in [3.8, 4) is 0 Å². The van der Waals surface area contributed by atoms with Crippen LogP contribution in [0.2, 0.25) is 0 Å². The van der Waals surface area contributed by atoms with Gasteiger partial charge in [0.2, 0.25) is 0 Å². The van der Waals surface area contributed by atoms with Gasteiger partial charge in [-0.15, -0.1) is 0 Å². The van der Waals surface area contributed by atoms with Crippen LogP contribution in [-0.2, 0) is 9.53 Å². The largest absolute Gasteiger partial charge is 0.393 e. The minimum atomic E-state index is -0.494. The van der Waals surface area contributed by atoms with Crippen LogP contribution in [0.1, 0.15) is 86.0 Å². The number of hydrogen-bond donors (Lipinski definition) is 2. The fraction of sp³-hybridized carbons (Fsp3) is 0.963. The van der Waals surface area contributed by atoms with E-state index in [-0.39, 0.29) is 34.6 Å². The Morgan fingerprint density at radius 1 is 0.935 bits per heavy atom. The van der Waals surface area contributed by atoms with E-state index in [1.807, 2.05) is 0 Å². The maximum atomic E-state index is 11.9. The van der Waals surface area contributed by atoms with Crippen LogP contribution in [0.15, 0.2) is 0 Å².